The van der Waals surface area contributed by atoms with Crippen molar-refractivity contribution in [2.75, 3.05) is 5.73 Å². The van der Waals surface area contributed by atoms with E-state index in [1.54, 1.807) is 57.2 Å². The molecule has 5 aromatic rings. The molecule has 0 saturated carbocycles. The zero-order chi connectivity index (χ0) is 29.2. The number of hydrogen-bond donors (Lipinski definition) is 2. The van der Waals surface area contributed by atoms with Gasteiger partial charge in [0.2, 0.25) is 0 Å². The molecule has 10 nitrogen and oxygen atoms in total. The maximum Gasteiger partial charge on any atom is 0.435 e. The average Bonchev–Trinajstić information content (AvgIpc) is 3.59. The molecule has 3 N–H and O–H groups in total. The van der Waals surface area contributed by atoms with Crippen molar-refractivity contribution in [2.45, 2.75) is 39.3 Å². The molecule has 208 valence electrons. The van der Waals surface area contributed by atoms with Crippen LogP contribution < -0.4 is 5.73 Å². The Morgan fingerprint density at radius 1 is 1.17 bits per heavy atom. The Bertz CT molecular complexity index is 2000. The van der Waals surface area contributed by atoms with Crippen LogP contribution in [-0.2, 0) is 16.1 Å². The fraction of sp³-hybridized carbons (Fsp3) is 0.200. The average molecular weight is 557 g/mol. The Morgan fingerprint density at radius 2 is 1.95 bits per heavy atom. The summed E-state index contributed by atoms with van der Waals surface area (Å²) < 4.78 is 28.8. The minimum absolute atomic E-state index is 0.0197. The molecule has 41 heavy (non-hydrogen) atoms. The van der Waals surface area contributed by atoms with Gasteiger partial charge in [-0.2, -0.15) is 4.68 Å². The van der Waals surface area contributed by atoms with Crippen molar-refractivity contribution >= 4 is 62.0 Å². The van der Waals surface area contributed by atoms with Crippen molar-refractivity contribution in [3.8, 4) is 0 Å². The van der Waals surface area contributed by atoms with Gasteiger partial charge in [-0.15, -0.1) is 5.10 Å². The Hall–Kier alpha value is -5.19. The van der Waals surface area contributed by atoms with Crippen LogP contribution in [-0.4, -0.2) is 42.9 Å². The lowest BCUT2D eigenvalue weighted by molar-refractivity contribution is -0.113. The number of carbonyl (C=O) groups is 3. The lowest BCUT2D eigenvalue weighted by Crippen LogP contribution is -2.27. The van der Waals surface area contributed by atoms with Gasteiger partial charge < -0.3 is 24.6 Å². The zero-order valence-corrected chi connectivity index (χ0v) is 22.4. The van der Waals surface area contributed by atoms with Gasteiger partial charge in [-0.05, 0) is 50.6 Å². The number of hydrogen-bond acceptors (Lipinski definition) is 7. The van der Waals surface area contributed by atoms with Gasteiger partial charge in [0.25, 0.3) is 0 Å². The fourth-order valence-corrected chi connectivity index (χ4v) is 5.23. The fourth-order valence-electron chi connectivity index (χ4n) is 5.23. The molecule has 1 aliphatic rings. The minimum Gasteiger partial charge on any atom is -0.477 e. The number of ketones is 1. The quantitative estimate of drug-likeness (QED) is 0.279. The molecule has 11 heteroatoms. The van der Waals surface area contributed by atoms with Gasteiger partial charge in [0, 0.05) is 29.5 Å². The molecule has 3 aromatic heterocycles. The Labute approximate surface area is 232 Å². The summed E-state index contributed by atoms with van der Waals surface area (Å²) in [5.74, 6) is -2.07. The van der Waals surface area contributed by atoms with E-state index in [0.717, 1.165) is 4.68 Å². The summed E-state index contributed by atoms with van der Waals surface area (Å²) in [6.45, 7) is 5.19. The highest BCUT2D eigenvalue weighted by Gasteiger charge is 2.31. The van der Waals surface area contributed by atoms with Crippen LogP contribution in [0.15, 0.2) is 59.2 Å². The van der Waals surface area contributed by atoms with E-state index in [2.05, 4.69) is 5.10 Å². The monoisotopic (exact) mass is 556 g/mol. The van der Waals surface area contributed by atoms with Crippen molar-refractivity contribution in [3.63, 3.8) is 0 Å². The number of anilines is 1. The van der Waals surface area contributed by atoms with Crippen LogP contribution in [0.25, 0.3) is 38.3 Å². The number of aromatic nitrogens is 3. The Kier molecular flexibility index (Phi) is 5.84. The first-order chi connectivity index (χ1) is 19.4. The number of ether oxygens (including phenoxy) is 1. The van der Waals surface area contributed by atoms with Gasteiger partial charge in [0.15, 0.2) is 11.6 Å². The third-order valence-corrected chi connectivity index (χ3v) is 6.87. The number of nitrogens with zero attached hydrogens (tertiary/aromatic N) is 3. The van der Waals surface area contributed by atoms with Gasteiger partial charge in [0.05, 0.1) is 28.1 Å². The standard InChI is InChI=1S/C30H25FN4O6/c1-30(2,3)41-29(39)35-20-9-8-15(12-18(20)27(32)33-35)14-34-21-13-19(31)16-10-11-40-26(16)24(21)23(25(34)28(37)38)17-6-4-5-7-22(17)36/h4-6,8-13H,7,14H2,1-3H3,(H2,32,33)(H,37,38). The van der Waals surface area contributed by atoms with Crippen molar-refractivity contribution in [3.05, 3.63) is 77.5 Å². The largest absolute Gasteiger partial charge is 0.477 e. The summed E-state index contributed by atoms with van der Waals surface area (Å²) in [4.78, 5) is 38.4. The van der Waals surface area contributed by atoms with E-state index in [4.69, 9.17) is 14.9 Å². The molecular weight excluding hydrogens is 531 g/mol. The second kappa shape index (κ2) is 9.19. The molecule has 0 saturated heterocycles. The molecule has 0 spiro atoms. The SMILES string of the molecule is CC(C)(C)OC(=O)n1nc(N)c2cc(Cn3c(C(=O)O)c(C4=CC=CCC4=O)c4c5occc5c(F)cc43)ccc21. The highest BCUT2D eigenvalue weighted by molar-refractivity contribution is 6.29. The van der Waals surface area contributed by atoms with Crippen molar-refractivity contribution in [1.29, 1.82) is 0 Å². The Morgan fingerprint density at radius 3 is 2.66 bits per heavy atom. The number of carboxylic acid groups (broad SMARTS) is 1. The highest BCUT2D eigenvalue weighted by atomic mass is 19.1. The van der Waals surface area contributed by atoms with Crippen LogP contribution in [0.1, 0.15) is 48.8 Å². The molecule has 0 fully saturated rings. The van der Waals surface area contributed by atoms with E-state index < -0.39 is 23.5 Å². The summed E-state index contributed by atoms with van der Waals surface area (Å²) in [6.07, 6.45) is 5.67. The second-order valence-corrected chi connectivity index (χ2v) is 10.8. The third kappa shape index (κ3) is 4.26. The van der Waals surface area contributed by atoms with Crippen molar-refractivity contribution in [2.24, 2.45) is 0 Å². The van der Waals surface area contributed by atoms with Crippen LogP contribution in [0.3, 0.4) is 0 Å². The first-order valence-corrected chi connectivity index (χ1v) is 12.8. The number of furan rings is 1. The Balaban J connectivity index is 1.56. The molecule has 3 heterocycles. The predicted molar refractivity (Wildman–Crippen MR) is 150 cm³/mol. The predicted octanol–water partition coefficient (Wildman–Crippen LogP) is 5.90. The van der Waals surface area contributed by atoms with Crippen LogP contribution in [0.2, 0.25) is 0 Å². The third-order valence-electron chi connectivity index (χ3n) is 6.87. The topological polar surface area (TPSA) is 143 Å². The molecule has 0 atom stereocenters. The minimum atomic E-state index is -1.29. The maximum absolute atomic E-state index is 15.2. The van der Waals surface area contributed by atoms with Crippen LogP contribution in [0.5, 0.6) is 0 Å². The van der Waals surface area contributed by atoms with E-state index in [-0.39, 0.29) is 57.9 Å². The molecule has 0 bridgehead atoms. The number of rotatable bonds is 4. The molecule has 1 aliphatic carbocycles. The number of benzene rings is 2. The number of allylic oxidation sites excluding steroid dienone is 4. The maximum atomic E-state index is 15.2. The molecule has 2 aromatic carbocycles. The summed E-state index contributed by atoms with van der Waals surface area (Å²) in [5.41, 5.74) is 6.99. The number of nitrogens with two attached hydrogens (primary N) is 1. The number of nitrogen functional groups attached to an aromatic ring is 1. The van der Waals surface area contributed by atoms with Gasteiger partial charge in [0.1, 0.15) is 22.7 Å². The summed E-state index contributed by atoms with van der Waals surface area (Å²) >= 11 is 0. The number of halogens is 1. The van der Waals surface area contributed by atoms with E-state index in [1.807, 2.05) is 0 Å². The van der Waals surface area contributed by atoms with Crippen molar-refractivity contribution < 1.29 is 33.0 Å². The molecule has 0 unspecified atom stereocenters. The molecule has 0 radical (unpaired) electrons. The molecule has 0 aliphatic heterocycles. The number of aromatic carboxylic acids is 1. The second-order valence-electron chi connectivity index (χ2n) is 10.8. The first kappa shape index (κ1) is 26.1. The molecule has 0 amide bonds. The lowest BCUT2D eigenvalue weighted by Gasteiger charge is -2.19. The van der Waals surface area contributed by atoms with Gasteiger partial charge in [-0.1, -0.05) is 24.3 Å². The summed E-state index contributed by atoms with van der Waals surface area (Å²) in [6, 6.07) is 7.72. The van der Waals surface area contributed by atoms with E-state index in [9.17, 15) is 19.5 Å². The summed E-state index contributed by atoms with van der Waals surface area (Å²) in [5, 5.41) is 15.5. The first-order valence-electron chi connectivity index (χ1n) is 12.8. The summed E-state index contributed by atoms with van der Waals surface area (Å²) in [7, 11) is 0. The van der Waals surface area contributed by atoms with E-state index in [1.165, 1.54) is 23.0 Å². The van der Waals surface area contributed by atoms with Crippen LogP contribution in [0, 0.1) is 5.82 Å². The number of carbonyl (C=O) groups excluding carboxylic acids is 2. The lowest BCUT2D eigenvalue weighted by atomic mass is 9.93. The number of Topliss-reactive ketones (excluding diaryl/α,β-unsaturated/α-hetero) is 1. The van der Waals surface area contributed by atoms with Gasteiger partial charge in [-0.3, -0.25) is 4.79 Å². The van der Waals surface area contributed by atoms with Crippen molar-refractivity contribution in [1.82, 2.24) is 14.3 Å². The number of carboxylic acids is 1. The smallest absolute Gasteiger partial charge is 0.435 e. The normalized spacial score (nSPS) is 13.9. The molecular formula is C30H25FN4O6. The number of fused-ring (bicyclic) bond motifs is 4. The van der Waals surface area contributed by atoms with Gasteiger partial charge >= 0.3 is 12.1 Å². The van der Waals surface area contributed by atoms with Crippen LogP contribution >= 0.6 is 0 Å². The van der Waals surface area contributed by atoms with E-state index >= 15 is 4.39 Å². The zero-order valence-electron chi connectivity index (χ0n) is 22.4. The van der Waals surface area contributed by atoms with Gasteiger partial charge in [-0.25, -0.2) is 14.0 Å². The van der Waals surface area contributed by atoms with E-state index in [0.29, 0.717) is 21.9 Å². The van der Waals surface area contributed by atoms with Crippen LogP contribution in [0.4, 0.5) is 15.0 Å². The molecule has 6 rings (SSSR count). The highest BCUT2D eigenvalue weighted by Crippen LogP contribution is 2.40.